The third-order valence-corrected chi connectivity index (χ3v) is 4.57. The third kappa shape index (κ3) is 7.07. The molecule has 2 aromatic carbocycles. The van der Waals surface area contributed by atoms with E-state index in [0.29, 0.717) is 37.8 Å². The molecule has 1 heterocycles. The van der Waals surface area contributed by atoms with Gasteiger partial charge in [-0.25, -0.2) is 0 Å². The van der Waals surface area contributed by atoms with Crippen LogP contribution < -0.4 is 25.4 Å². The summed E-state index contributed by atoms with van der Waals surface area (Å²) in [5, 5.41) is 9.26. The van der Waals surface area contributed by atoms with E-state index in [9.17, 15) is 4.79 Å². The molecule has 0 aromatic heterocycles. The fraction of sp³-hybridized carbons (Fsp3) is 0.300. The van der Waals surface area contributed by atoms with E-state index in [4.69, 9.17) is 9.47 Å². The average Bonchev–Trinajstić information content (AvgIpc) is 2.95. The molecule has 0 radical (unpaired) electrons. The highest BCUT2D eigenvalue weighted by atomic mass is 127. The number of nitrogens with one attached hydrogen (secondary N) is 3. The van der Waals surface area contributed by atoms with Gasteiger partial charge < -0.3 is 25.4 Å². The minimum Gasteiger partial charge on any atom is -0.490 e. The molecule has 0 unspecified atom stereocenters. The van der Waals surface area contributed by atoms with E-state index >= 15 is 0 Å². The molecule has 0 atom stereocenters. The fourth-order valence-electron chi connectivity index (χ4n) is 2.62. The SMILES string of the molecule is CN=C(NCCNC(=O)c1ccc(Br)cc1)Nc1ccc2c(c1)OCCCO2.I. The molecule has 1 aliphatic heterocycles. The van der Waals surface area contributed by atoms with Crippen molar-refractivity contribution in [2.45, 2.75) is 6.42 Å². The van der Waals surface area contributed by atoms with Crippen LogP contribution in [0.2, 0.25) is 0 Å². The summed E-state index contributed by atoms with van der Waals surface area (Å²) in [6.45, 7) is 2.31. The molecule has 0 bridgehead atoms. The standard InChI is InChI=1S/C20H23BrN4O3.HI/c1-22-20(24-10-9-23-19(26)14-3-5-15(21)6-4-14)25-16-7-8-17-18(13-16)28-12-2-11-27-17;/h3-8,13H,2,9-12H2,1H3,(H,23,26)(H2,22,24,25);1H. The number of guanidine groups is 1. The number of aliphatic imine (C=N–C) groups is 1. The molecule has 7 nitrogen and oxygen atoms in total. The monoisotopic (exact) mass is 574 g/mol. The summed E-state index contributed by atoms with van der Waals surface area (Å²) in [6.07, 6.45) is 0.868. The van der Waals surface area contributed by atoms with Crippen molar-refractivity contribution < 1.29 is 14.3 Å². The lowest BCUT2D eigenvalue weighted by molar-refractivity contribution is 0.0954. The van der Waals surface area contributed by atoms with Gasteiger partial charge in [-0.1, -0.05) is 15.9 Å². The summed E-state index contributed by atoms with van der Waals surface area (Å²) in [7, 11) is 1.69. The molecule has 0 spiro atoms. The number of hydrogen-bond donors (Lipinski definition) is 3. The number of nitrogens with zero attached hydrogens (tertiary/aromatic N) is 1. The van der Waals surface area contributed by atoms with Gasteiger partial charge in [0.2, 0.25) is 0 Å². The largest absolute Gasteiger partial charge is 0.490 e. The van der Waals surface area contributed by atoms with Crippen LogP contribution in [0, 0.1) is 0 Å². The topological polar surface area (TPSA) is 84.0 Å². The Morgan fingerprint density at radius 2 is 1.72 bits per heavy atom. The lowest BCUT2D eigenvalue weighted by Gasteiger charge is -2.14. The molecule has 0 fully saturated rings. The quantitative estimate of drug-likeness (QED) is 0.220. The summed E-state index contributed by atoms with van der Waals surface area (Å²) in [6, 6.07) is 12.9. The van der Waals surface area contributed by atoms with Crippen molar-refractivity contribution in [3.63, 3.8) is 0 Å². The molecule has 156 valence electrons. The highest BCUT2D eigenvalue weighted by molar-refractivity contribution is 14.0. The van der Waals surface area contributed by atoms with Gasteiger partial charge in [-0.3, -0.25) is 9.79 Å². The molecular formula is C20H24BrIN4O3. The Morgan fingerprint density at radius 1 is 1.03 bits per heavy atom. The van der Waals surface area contributed by atoms with Crippen LogP contribution in [0.3, 0.4) is 0 Å². The Kier molecular flexibility index (Phi) is 9.52. The van der Waals surface area contributed by atoms with Crippen LogP contribution in [0.1, 0.15) is 16.8 Å². The molecule has 2 aromatic rings. The van der Waals surface area contributed by atoms with Gasteiger partial charge in [-0.15, -0.1) is 24.0 Å². The van der Waals surface area contributed by atoms with Crippen molar-refractivity contribution in [2.24, 2.45) is 4.99 Å². The maximum Gasteiger partial charge on any atom is 0.251 e. The fourth-order valence-corrected chi connectivity index (χ4v) is 2.88. The van der Waals surface area contributed by atoms with Crippen LogP contribution in [0.25, 0.3) is 0 Å². The second-order valence-corrected chi connectivity index (χ2v) is 7.01. The third-order valence-electron chi connectivity index (χ3n) is 4.04. The summed E-state index contributed by atoms with van der Waals surface area (Å²) < 4.78 is 12.3. The predicted octanol–water partition coefficient (Wildman–Crippen LogP) is 3.65. The molecule has 9 heteroatoms. The second kappa shape index (κ2) is 11.9. The van der Waals surface area contributed by atoms with Crippen molar-refractivity contribution >= 4 is 57.5 Å². The normalized spacial score (nSPS) is 13.0. The summed E-state index contributed by atoms with van der Waals surface area (Å²) in [5.74, 6) is 1.97. The zero-order chi connectivity index (χ0) is 19.8. The molecule has 1 aliphatic rings. The van der Waals surface area contributed by atoms with Crippen molar-refractivity contribution in [2.75, 3.05) is 38.7 Å². The Hall–Kier alpha value is -2.01. The number of ether oxygens (including phenoxy) is 2. The number of hydrogen-bond acceptors (Lipinski definition) is 4. The van der Waals surface area contributed by atoms with E-state index in [1.54, 1.807) is 19.2 Å². The first-order valence-corrected chi connectivity index (χ1v) is 9.86. The highest BCUT2D eigenvalue weighted by Crippen LogP contribution is 2.32. The van der Waals surface area contributed by atoms with Crippen LogP contribution >= 0.6 is 39.9 Å². The zero-order valence-electron chi connectivity index (χ0n) is 16.0. The number of benzene rings is 2. The smallest absolute Gasteiger partial charge is 0.251 e. The second-order valence-electron chi connectivity index (χ2n) is 6.10. The number of rotatable bonds is 5. The van der Waals surface area contributed by atoms with Gasteiger partial charge in [0.05, 0.1) is 13.2 Å². The first kappa shape index (κ1) is 23.3. The molecule has 29 heavy (non-hydrogen) atoms. The minimum absolute atomic E-state index is 0. The Bertz CT molecular complexity index is 846. The first-order valence-electron chi connectivity index (χ1n) is 9.07. The van der Waals surface area contributed by atoms with Crippen LogP contribution in [-0.4, -0.2) is 45.2 Å². The number of halogens is 2. The Balaban J connectivity index is 0.00000300. The maximum absolute atomic E-state index is 12.1. The van der Waals surface area contributed by atoms with E-state index in [1.165, 1.54) is 0 Å². The van der Waals surface area contributed by atoms with Gasteiger partial charge in [0.15, 0.2) is 17.5 Å². The van der Waals surface area contributed by atoms with Gasteiger partial charge in [0.1, 0.15) is 0 Å². The zero-order valence-corrected chi connectivity index (χ0v) is 20.0. The van der Waals surface area contributed by atoms with E-state index < -0.39 is 0 Å². The maximum atomic E-state index is 12.1. The molecule has 0 saturated carbocycles. The van der Waals surface area contributed by atoms with Crippen molar-refractivity contribution in [1.82, 2.24) is 10.6 Å². The van der Waals surface area contributed by atoms with Crippen molar-refractivity contribution in [3.05, 3.63) is 52.5 Å². The van der Waals surface area contributed by atoms with E-state index in [-0.39, 0.29) is 29.9 Å². The molecule has 0 saturated heterocycles. The van der Waals surface area contributed by atoms with Crippen molar-refractivity contribution in [3.8, 4) is 11.5 Å². The Morgan fingerprint density at radius 3 is 2.45 bits per heavy atom. The average molecular weight is 575 g/mol. The summed E-state index contributed by atoms with van der Waals surface area (Å²) in [4.78, 5) is 16.3. The van der Waals surface area contributed by atoms with E-state index in [2.05, 4.69) is 36.9 Å². The number of fused-ring (bicyclic) bond motifs is 1. The molecular weight excluding hydrogens is 551 g/mol. The summed E-state index contributed by atoms with van der Waals surface area (Å²) >= 11 is 3.36. The number of carbonyl (C=O) groups excluding carboxylic acids is 1. The van der Waals surface area contributed by atoms with Crippen molar-refractivity contribution in [1.29, 1.82) is 0 Å². The number of amides is 1. The minimum atomic E-state index is -0.111. The van der Waals surface area contributed by atoms with Crippen LogP contribution in [0.15, 0.2) is 51.9 Å². The van der Waals surface area contributed by atoms with E-state index in [1.807, 2.05) is 30.3 Å². The molecule has 3 rings (SSSR count). The lowest BCUT2D eigenvalue weighted by atomic mass is 10.2. The predicted molar refractivity (Wildman–Crippen MR) is 129 cm³/mol. The summed E-state index contributed by atoms with van der Waals surface area (Å²) in [5.41, 5.74) is 1.47. The number of carbonyl (C=O) groups is 1. The molecule has 0 aliphatic carbocycles. The Labute approximate surface area is 195 Å². The van der Waals surface area contributed by atoms with Gasteiger partial charge >= 0.3 is 0 Å². The molecule has 3 N–H and O–H groups in total. The van der Waals surface area contributed by atoms with Crippen LogP contribution in [0.5, 0.6) is 11.5 Å². The van der Waals surface area contributed by atoms with Gasteiger partial charge in [0, 0.05) is 48.3 Å². The van der Waals surface area contributed by atoms with Gasteiger partial charge in [-0.05, 0) is 36.4 Å². The lowest BCUT2D eigenvalue weighted by Crippen LogP contribution is -2.37. The number of anilines is 1. The van der Waals surface area contributed by atoms with Crippen LogP contribution in [-0.2, 0) is 0 Å². The van der Waals surface area contributed by atoms with Crippen LogP contribution in [0.4, 0.5) is 5.69 Å². The first-order chi connectivity index (χ1) is 13.7. The van der Waals surface area contributed by atoms with E-state index in [0.717, 1.165) is 28.1 Å². The highest BCUT2D eigenvalue weighted by Gasteiger charge is 2.11. The molecule has 1 amide bonds. The van der Waals surface area contributed by atoms with Gasteiger partial charge in [-0.2, -0.15) is 0 Å². The van der Waals surface area contributed by atoms with Gasteiger partial charge in [0.25, 0.3) is 5.91 Å².